The molecule has 0 spiro atoms. The van der Waals surface area contributed by atoms with Crippen LogP contribution < -0.4 is 10.6 Å². The molecular weight excluding hydrogens is 252 g/mol. The SMILES string of the molecule is C=C1C=C(CC)NC1CCCCNC(=O)OC(C)(C)C. The molecule has 4 nitrogen and oxygen atoms in total. The molecule has 0 aromatic rings. The lowest BCUT2D eigenvalue weighted by Gasteiger charge is -2.19. The van der Waals surface area contributed by atoms with E-state index in [1.165, 1.54) is 11.3 Å². The average Bonchev–Trinajstić information content (AvgIpc) is 2.67. The summed E-state index contributed by atoms with van der Waals surface area (Å²) in [4.78, 5) is 11.4. The van der Waals surface area contributed by atoms with E-state index in [4.69, 9.17) is 4.74 Å². The van der Waals surface area contributed by atoms with Gasteiger partial charge in [-0.2, -0.15) is 0 Å². The molecule has 2 N–H and O–H groups in total. The Morgan fingerprint density at radius 2 is 2.15 bits per heavy atom. The van der Waals surface area contributed by atoms with Gasteiger partial charge in [0.15, 0.2) is 0 Å². The second-order valence-corrected chi connectivity index (χ2v) is 6.22. The highest BCUT2D eigenvalue weighted by atomic mass is 16.6. The van der Waals surface area contributed by atoms with Gasteiger partial charge >= 0.3 is 6.09 Å². The number of hydrogen-bond acceptors (Lipinski definition) is 3. The number of alkyl carbamates (subject to hydrolysis) is 1. The third-order valence-corrected chi connectivity index (χ3v) is 3.14. The van der Waals surface area contributed by atoms with Crippen molar-refractivity contribution in [1.82, 2.24) is 10.6 Å². The minimum atomic E-state index is -0.433. The number of amides is 1. The molecule has 0 aromatic heterocycles. The highest BCUT2D eigenvalue weighted by Crippen LogP contribution is 2.20. The van der Waals surface area contributed by atoms with E-state index in [-0.39, 0.29) is 6.09 Å². The third kappa shape index (κ3) is 6.13. The van der Waals surface area contributed by atoms with Crippen LogP contribution in [0.4, 0.5) is 4.79 Å². The van der Waals surface area contributed by atoms with Crippen molar-refractivity contribution in [1.29, 1.82) is 0 Å². The molecule has 1 atom stereocenters. The molecule has 0 aliphatic carbocycles. The van der Waals surface area contributed by atoms with Crippen molar-refractivity contribution in [2.45, 2.75) is 65.0 Å². The molecule has 20 heavy (non-hydrogen) atoms. The average molecular weight is 280 g/mol. The van der Waals surface area contributed by atoms with E-state index >= 15 is 0 Å². The summed E-state index contributed by atoms with van der Waals surface area (Å²) in [5, 5.41) is 6.25. The lowest BCUT2D eigenvalue weighted by atomic mass is 10.0. The van der Waals surface area contributed by atoms with Crippen LogP contribution in [0.15, 0.2) is 23.9 Å². The highest BCUT2D eigenvalue weighted by Gasteiger charge is 2.18. The standard InChI is InChI=1S/C16H28N2O2/c1-6-13-11-12(2)14(18-13)9-7-8-10-17-15(19)20-16(3,4)5/h11,14,18H,2,6-10H2,1,3-5H3,(H,17,19). The van der Waals surface area contributed by atoms with Crippen molar-refractivity contribution >= 4 is 6.09 Å². The van der Waals surface area contributed by atoms with Gasteiger partial charge < -0.3 is 15.4 Å². The van der Waals surface area contributed by atoms with E-state index in [0.29, 0.717) is 12.6 Å². The Kier molecular flexibility index (Phi) is 6.11. The van der Waals surface area contributed by atoms with Crippen molar-refractivity contribution in [2.75, 3.05) is 6.54 Å². The first-order chi connectivity index (χ1) is 9.31. The Bertz CT molecular complexity index is 380. The molecule has 1 heterocycles. The molecule has 114 valence electrons. The first-order valence-corrected chi connectivity index (χ1v) is 7.44. The summed E-state index contributed by atoms with van der Waals surface area (Å²) >= 11 is 0. The summed E-state index contributed by atoms with van der Waals surface area (Å²) in [6.07, 6.45) is 5.88. The zero-order valence-corrected chi connectivity index (χ0v) is 13.2. The molecule has 0 aromatic carbocycles. The molecule has 1 rings (SSSR count). The summed E-state index contributed by atoms with van der Waals surface area (Å²) < 4.78 is 5.18. The van der Waals surface area contributed by atoms with Gasteiger partial charge in [-0.1, -0.05) is 13.5 Å². The van der Waals surface area contributed by atoms with Crippen LogP contribution in [0.2, 0.25) is 0 Å². The molecule has 1 aliphatic heterocycles. The van der Waals surface area contributed by atoms with Crippen molar-refractivity contribution in [2.24, 2.45) is 0 Å². The van der Waals surface area contributed by atoms with Gasteiger partial charge in [0.1, 0.15) is 5.60 Å². The molecule has 1 amide bonds. The maximum atomic E-state index is 11.4. The van der Waals surface area contributed by atoms with E-state index in [2.05, 4.69) is 30.2 Å². The summed E-state index contributed by atoms with van der Waals surface area (Å²) in [6.45, 7) is 12.5. The maximum absolute atomic E-state index is 11.4. The molecule has 0 fully saturated rings. The number of allylic oxidation sites excluding steroid dienone is 1. The minimum Gasteiger partial charge on any atom is -0.444 e. The number of nitrogens with one attached hydrogen (secondary N) is 2. The quantitative estimate of drug-likeness (QED) is 0.732. The van der Waals surface area contributed by atoms with Gasteiger partial charge in [0.2, 0.25) is 0 Å². The Balaban J connectivity index is 2.09. The maximum Gasteiger partial charge on any atom is 0.407 e. The van der Waals surface area contributed by atoms with Gasteiger partial charge in [0, 0.05) is 12.2 Å². The van der Waals surface area contributed by atoms with Gasteiger partial charge in [-0.3, -0.25) is 0 Å². The highest BCUT2D eigenvalue weighted by molar-refractivity contribution is 5.67. The molecule has 1 aliphatic rings. The molecule has 0 saturated carbocycles. The third-order valence-electron chi connectivity index (χ3n) is 3.14. The number of carbonyl (C=O) groups excluding carboxylic acids is 1. The number of unbranched alkanes of at least 4 members (excludes halogenated alkanes) is 1. The number of carbonyl (C=O) groups is 1. The monoisotopic (exact) mass is 280 g/mol. The molecule has 4 heteroatoms. The van der Waals surface area contributed by atoms with Gasteiger partial charge in [-0.05, 0) is 58.1 Å². The van der Waals surface area contributed by atoms with Gasteiger partial charge in [0.25, 0.3) is 0 Å². The summed E-state index contributed by atoms with van der Waals surface area (Å²) in [6, 6.07) is 0.367. The number of rotatable bonds is 6. The lowest BCUT2D eigenvalue weighted by molar-refractivity contribution is 0.0527. The van der Waals surface area contributed by atoms with E-state index in [1.54, 1.807) is 0 Å². The first kappa shape index (κ1) is 16.6. The van der Waals surface area contributed by atoms with Gasteiger partial charge in [-0.15, -0.1) is 0 Å². The van der Waals surface area contributed by atoms with E-state index in [9.17, 15) is 4.79 Å². The van der Waals surface area contributed by atoms with Crippen molar-refractivity contribution in [3.8, 4) is 0 Å². The van der Waals surface area contributed by atoms with E-state index < -0.39 is 5.60 Å². The largest absolute Gasteiger partial charge is 0.444 e. The summed E-state index contributed by atoms with van der Waals surface area (Å²) in [5.74, 6) is 0. The fourth-order valence-electron chi connectivity index (χ4n) is 2.12. The predicted octanol–water partition coefficient (Wildman–Crippen LogP) is 3.50. The van der Waals surface area contributed by atoms with Gasteiger partial charge in [0.05, 0.1) is 6.04 Å². The smallest absolute Gasteiger partial charge is 0.407 e. The van der Waals surface area contributed by atoms with Crippen LogP contribution in [0.5, 0.6) is 0 Å². The van der Waals surface area contributed by atoms with Crippen LogP contribution in [-0.2, 0) is 4.74 Å². The molecule has 0 radical (unpaired) electrons. The fraction of sp³-hybridized carbons (Fsp3) is 0.688. The Hall–Kier alpha value is -1.45. The minimum absolute atomic E-state index is 0.337. The van der Waals surface area contributed by atoms with E-state index in [0.717, 1.165) is 25.7 Å². The van der Waals surface area contributed by atoms with Crippen molar-refractivity contribution in [3.05, 3.63) is 23.9 Å². The van der Waals surface area contributed by atoms with Crippen LogP contribution in [0.1, 0.15) is 53.4 Å². The number of hydrogen-bond donors (Lipinski definition) is 2. The normalized spacial score (nSPS) is 18.5. The molecular formula is C16H28N2O2. The second-order valence-electron chi connectivity index (χ2n) is 6.22. The van der Waals surface area contributed by atoms with Crippen LogP contribution >= 0.6 is 0 Å². The zero-order chi connectivity index (χ0) is 15.2. The van der Waals surface area contributed by atoms with Crippen LogP contribution in [0.25, 0.3) is 0 Å². The Morgan fingerprint density at radius 3 is 2.70 bits per heavy atom. The van der Waals surface area contributed by atoms with Crippen molar-refractivity contribution < 1.29 is 9.53 Å². The number of ether oxygens (including phenoxy) is 1. The Morgan fingerprint density at radius 1 is 1.45 bits per heavy atom. The lowest BCUT2D eigenvalue weighted by Crippen LogP contribution is -2.33. The summed E-state index contributed by atoms with van der Waals surface area (Å²) in [5.41, 5.74) is 2.01. The predicted molar refractivity (Wildman–Crippen MR) is 82.5 cm³/mol. The molecule has 0 bridgehead atoms. The van der Waals surface area contributed by atoms with E-state index in [1.807, 2.05) is 20.8 Å². The topological polar surface area (TPSA) is 50.4 Å². The molecule has 0 saturated heterocycles. The zero-order valence-electron chi connectivity index (χ0n) is 13.2. The Labute approximate surface area is 122 Å². The fourth-order valence-corrected chi connectivity index (χ4v) is 2.12. The molecule has 1 unspecified atom stereocenters. The second kappa shape index (κ2) is 7.36. The van der Waals surface area contributed by atoms with Gasteiger partial charge in [-0.25, -0.2) is 4.79 Å². The first-order valence-electron chi connectivity index (χ1n) is 7.44. The summed E-state index contributed by atoms with van der Waals surface area (Å²) in [7, 11) is 0. The van der Waals surface area contributed by atoms with Crippen LogP contribution in [-0.4, -0.2) is 24.3 Å². The van der Waals surface area contributed by atoms with Crippen LogP contribution in [0, 0.1) is 0 Å². The van der Waals surface area contributed by atoms with Crippen molar-refractivity contribution in [3.63, 3.8) is 0 Å². The van der Waals surface area contributed by atoms with Crippen LogP contribution in [0.3, 0.4) is 0 Å².